The van der Waals surface area contributed by atoms with E-state index in [0.29, 0.717) is 16.6 Å². The molecular formula is C10H14Cl2N2. The minimum Gasteiger partial charge on any atom is -0.382 e. The number of rotatable bonds is 3. The zero-order chi connectivity index (χ0) is 10.8. The van der Waals surface area contributed by atoms with Crippen molar-refractivity contribution >= 4 is 28.9 Å². The highest BCUT2D eigenvalue weighted by atomic mass is 35.5. The van der Waals surface area contributed by atoms with Crippen molar-refractivity contribution in [2.24, 2.45) is 5.73 Å². The number of nitrogens with two attached hydrogens (primary N) is 1. The van der Waals surface area contributed by atoms with E-state index in [9.17, 15) is 0 Å². The van der Waals surface area contributed by atoms with E-state index in [1.54, 1.807) is 18.2 Å². The first-order valence-corrected chi connectivity index (χ1v) is 5.12. The molecule has 1 aromatic carbocycles. The summed E-state index contributed by atoms with van der Waals surface area (Å²) in [5.74, 6) is 0. The third kappa shape index (κ3) is 3.74. The summed E-state index contributed by atoms with van der Waals surface area (Å²) in [6.07, 6.45) is 0. The Kier molecular flexibility index (Phi) is 3.65. The van der Waals surface area contributed by atoms with Gasteiger partial charge < -0.3 is 11.1 Å². The SMILES string of the molecule is CC(C)(N)CNc1cc(Cl)ccc1Cl. The molecule has 0 saturated heterocycles. The normalized spacial score (nSPS) is 11.5. The van der Waals surface area contributed by atoms with Crippen LogP contribution in [0.1, 0.15) is 13.8 Å². The van der Waals surface area contributed by atoms with Crippen molar-refractivity contribution in [3.63, 3.8) is 0 Å². The number of anilines is 1. The van der Waals surface area contributed by atoms with Crippen LogP contribution in [0.25, 0.3) is 0 Å². The number of halogens is 2. The van der Waals surface area contributed by atoms with Gasteiger partial charge in [0.15, 0.2) is 0 Å². The van der Waals surface area contributed by atoms with Crippen molar-refractivity contribution in [3.8, 4) is 0 Å². The first kappa shape index (κ1) is 11.6. The van der Waals surface area contributed by atoms with Gasteiger partial charge in [-0.2, -0.15) is 0 Å². The minimum absolute atomic E-state index is 0.272. The van der Waals surface area contributed by atoms with Crippen LogP contribution in [-0.2, 0) is 0 Å². The topological polar surface area (TPSA) is 38.0 Å². The molecule has 78 valence electrons. The molecule has 3 N–H and O–H groups in total. The Balaban J connectivity index is 2.72. The van der Waals surface area contributed by atoms with E-state index in [-0.39, 0.29) is 5.54 Å². The summed E-state index contributed by atoms with van der Waals surface area (Å²) in [5.41, 5.74) is 6.38. The molecule has 14 heavy (non-hydrogen) atoms. The molecule has 0 spiro atoms. The summed E-state index contributed by atoms with van der Waals surface area (Å²) < 4.78 is 0. The molecule has 0 heterocycles. The Morgan fingerprint density at radius 2 is 2.00 bits per heavy atom. The highest BCUT2D eigenvalue weighted by Gasteiger charge is 2.10. The molecule has 0 aliphatic carbocycles. The Hall–Kier alpha value is -0.440. The van der Waals surface area contributed by atoms with E-state index in [1.165, 1.54) is 0 Å². The Morgan fingerprint density at radius 1 is 1.36 bits per heavy atom. The van der Waals surface area contributed by atoms with Crippen LogP contribution in [0.5, 0.6) is 0 Å². The van der Waals surface area contributed by atoms with E-state index in [1.807, 2.05) is 13.8 Å². The molecule has 0 aromatic heterocycles. The summed E-state index contributed by atoms with van der Waals surface area (Å²) in [6.45, 7) is 4.53. The van der Waals surface area contributed by atoms with Gasteiger partial charge in [0.25, 0.3) is 0 Å². The van der Waals surface area contributed by atoms with Crippen LogP contribution >= 0.6 is 23.2 Å². The second kappa shape index (κ2) is 4.39. The largest absolute Gasteiger partial charge is 0.382 e. The lowest BCUT2D eigenvalue weighted by molar-refractivity contribution is 0.549. The molecule has 0 aliphatic heterocycles. The maximum Gasteiger partial charge on any atom is 0.0638 e. The van der Waals surface area contributed by atoms with Crippen LogP contribution in [0.3, 0.4) is 0 Å². The fourth-order valence-electron chi connectivity index (χ4n) is 0.956. The van der Waals surface area contributed by atoms with Gasteiger partial charge in [0.2, 0.25) is 0 Å². The van der Waals surface area contributed by atoms with Crippen LogP contribution < -0.4 is 11.1 Å². The first-order valence-electron chi connectivity index (χ1n) is 4.36. The molecule has 0 fully saturated rings. The smallest absolute Gasteiger partial charge is 0.0638 e. The molecule has 2 nitrogen and oxygen atoms in total. The third-order valence-corrected chi connectivity index (χ3v) is 2.23. The summed E-state index contributed by atoms with van der Waals surface area (Å²) in [7, 11) is 0. The van der Waals surface area contributed by atoms with Crippen LogP contribution in [0.2, 0.25) is 10.0 Å². The second-order valence-electron chi connectivity index (χ2n) is 3.97. The van der Waals surface area contributed by atoms with E-state index in [0.717, 1.165) is 5.69 Å². The van der Waals surface area contributed by atoms with Crippen LogP contribution in [0, 0.1) is 0 Å². The molecule has 0 atom stereocenters. The maximum atomic E-state index is 5.96. The molecule has 1 aromatic rings. The van der Waals surface area contributed by atoms with Crippen molar-refractivity contribution in [1.82, 2.24) is 0 Å². The Bertz CT molecular complexity index is 318. The highest BCUT2D eigenvalue weighted by molar-refractivity contribution is 6.35. The number of hydrogen-bond donors (Lipinski definition) is 2. The van der Waals surface area contributed by atoms with Gasteiger partial charge in [-0.25, -0.2) is 0 Å². The van der Waals surface area contributed by atoms with Gasteiger partial charge in [-0.1, -0.05) is 23.2 Å². The van der Waals surface area contributed by atoms with E-state index in [2.05, 4.69) is 5.32 Å². The molecule has 0 amide bonds. The first-order chi connectivity index (χ1) is 6.38. The molecule has 0 aliphatic rings. The predicted octanol–water partition coefficient (Wildman–Crippen LogP) is 3.14. The molecular weight excluding hydrogens is 219 g/mol. The molecule has 0 bridgehead atoms. The Labute approximate surface area is 94.4 Å². The average molecular weight is 233 g/mol. The average Bonchev–Trinajstić information content (AvgIpc) is 2.05. The van der Waals surface area contributed by atoms with Gasteiger partial charge >= 0.3 is 0 Å². The summed E-state index contributed by atoms with van der Waals surface area (Å²) in [6, 6.07) is 5.30. The fourth-order valence-corrected chi connectivity index (χ4v) is 1.31. The second-order valence-corrected chi connectivity index (χ2v) is 4.81. The summed E-state index contributed by atoms with van der Waals surface area (Å²) in [5, 5.41) is 4.46. The predicted molar refractivity (Wildman–Crippen MR) is 63.2 cm³/mol. The molecule has 4 heteroatoms. The highest BCUT2D eigenvalue weighted by Crippen LogP contribution is 2.25. The number of nitrogens with one attached hydrogen (secondary N) is 1. The molecule has 1 rings (SSSR count). The molecule has 0 radical (unpaired) electrons. The van der Waals surface area contributed by atoms with Crippen molar-refractivity contribution in [2.45, 2.75) is 19.4 Å². The maximum absolute atomic E-state index is 5.96. The van der Waals surface area contributed by atoms with Gasteiger partial charge in [-0.15, -0.1) is 0 Å². The van der Waals surface area contributed by atoms with Gasteiger partial charge in [-0.05, 0) is 32.0 Å². The summed E-state index contributed by atoms with van der Waals surface area (Å²) in [4.78, 5) is 0. The number of benzene rings is 1. The summed E-state index contributed by atoms with van der Waals surface area (Å²) >= 11 is 11.8. The molecule has 0 unspecified atom stereocenters. The van der Waals surface area contributed by atoms with Gasteiger partial charge in [0.05, 0.1) is 10.7 Å². The number of hydrogen-bond acceptors (Lipinski definition) is 2. The fraction of sp³-hybridized carbons (Fsp3) is 0.400. The van der Waals surface area contributed by atoms with Gasteiger partial charge in [0, 0.05) is 17.1 Å². The zero-order valence-corrected chi connectivity index (χ0v) is 9.78. The van der Waals surface area contributed by atoms with Gasteiger partial charge in [-0.3, -0.25) is 0 Å². The van der Waals surface area contributed by atoms with Crippen molar-refractivity contribution in [3.05, 3.63) is 28.2 Å². The standard InChI is InChI=1S/C10H14Cl2N2/c1-10(2,13)6-14-9-5-7(11)3-4-8(9)12/h3-5,14H,6,13H2,1-2H3. The van der Waals surface area contributed by atoms with Gasteiger partial charge in [0.1, 0.15) is 0 Å². The quantitative estimate of drug-likeness (QED) is 0.841. The van der Waals surface area contributed by atoms with E-state index >= 15 is 0 Å². The van der Waals surface area contributed by atoms with E-state index in [4.69, 9.17) is 28.9 Å². The minimum atomic E-state index is -0.272. The van der Waals surface area contributed by atoms with Crippen LogP contribution in [0.4, 0.5) is 5.69 Å². The van der Waals surface area contributed by atoms with Crippen molar-refractivity contribution < 1.29 is 0 Å². The molecule has 0 saturated carbocycles. The Morgan fingerprint density at radius 3 is 2.57 bits per heavy atom. The lowest BCUT2D eigenvalue weighted by Gasteiger charge is -2.20. The lowest BCUT2D eigenvalue weighted by Crippen LogP contribution is -2.39. The monoisotopic (exact) mass is 232 g/mol. The van der Waals surface area contributed by atoms with E-state index < -0.39 is 0 Å². The van der Waals surface area contributed by atoms with Crippen LogP contribution in [-0.4, -0.2) is 12.1 Å². The zero-order valence-electron chi connectivity index (χ0n) is 8.27. The van der Waals surface area contributed by atoms with Crippen molar-refractivity contribution in [2.75, 3.05) is 11.9 Å². The lowest BCUT2D eigenvalue weighted by atomic mass is 10.1. The third-order valence-electron chi connectivity index (χ3n) is 1.66. The van der Waals surface area contributed by atoms with Crippen LogP contribution in [0.15, 0.2) is 18.2 Å². The van der Waals surface area contributed by atoms with Crippen molar-refractivity contribution in [1.29, 1.82) is 0 Å².